The van der Waals surface area contributed by atoms with E-state index in [0.29, 0.717) is 33.8 Å². The zero-order valence-electron chi connectivity index (χ0n) is 37.5. The van der Waals surface area contributed by atoms with Crippen LogP contribution in [0.15, 0.2) is 78.9 Å². The Balaban J connectivity index is 1.55. The highest BCUT2D eigenvalue weighted by Crippen LogP contribution is 2.40. The second-order valence-corrected chi connectivity index (χ2v) is 16.8. The molecule has 4 unspecified atom stereocenters. The predicted molar refractivity (Wildman–Crippen MR) is 248 cm³/mol. The highest BCUT2D eigenvalue weighted by Gasteiger charge is 2.36. The molecule has 4 aromatic carbocycles. The second-order valence-electron chi connectivity index (χ2n) is 16.8. The summed E-state index contributed by atoms with van der Waals surface area (Å²) in [6.45, 7) is 8.21. The van der Waals surface area contributed by atoms with E-state index in [1.165, 1.54) is 24.4 Å². The molecule has 0 saturated heterocycles. The van der Waals surface area contributed by atoms with Crippen molar-refractivity contribution in [1.82, 2.24) is 26.2 Å². The van der Waals surface area contributed by atoms with Crippen LogP contribution in [0.4, 0.5) is 5.69 Å². The van der Waals surface area contributed by atoms with Gasteiger partial charge in [0, 0.05) is 43.4 Å². The smallest absolute Gasteiger partial charge is 0.254 e. The molecule has 4 atom stereocenters. The van der Waals surface area contributed by atoms with Crippen molar-refractivity contribution < 1.29 is 33.4 Å². The summed E-state index contributed by atoms with van der Waals surface area (Å²) < 4.78 is 12.2. The minimum Gasteiger partial charge on any atom is -0.492 e. The number of fused-ring (bicyclic) bond motifs is 5. The first kappa shape index (κ1) is 49.0. The maximum Gasteiger partial charge on any atom is 0.254 e. The summed E-state index contributed by atoms with van der Waals surface area (Å²) in [4.78, 5) is 71.3. The van der Waals surface area contributed by atoms with Crippen molar-refractivity contribution in [1.29, 1.82) is 5.26 Å². The molecule has 0 fully saturated rings. The molecule has 5 amide bonds. The molecule has 0 saturated carbocycles. The number of benzene rings is 4. The number of ether oxygens (including phenoxy) is 2. The van der Waals surface area contributed by atoms with Crippen LogP contribution in [0.5, 0.6) is 11.5 Å². The Labute approximate surface area is 379 Å². The van der Waals surface area contributed by atoms with Crippen LogP contribution in [0.25, 0.3) is 22.3 Å². The summed E-state index contributed by atoms with van der Waals surface area (Å²) in [7, 11) is 1.41. The van der Waals surface area contributed by atoms with E-state index in [-0.39, 0.29) is 68.9 Å². The van der Waals surface area contributed by atoms with E-state index >= 15 is 0 Å². The molecule has 1 heterocycles. The van der Waals surface area contributed by atoms with Crippen molar-refractivity contribution >= 4 is 35.2 Å². The van der Waals surface area contributed by atoms with Crippen LogP contribution in [0.3, 0.4) is 0 Å². The zero-order valence-corrected chi connectivity index (χ0v) is 37.5. The number of rotatable bonds is 15. The number of nitrogens with one attached hydrogen (secondary N) is 4. The van der Waals surface area contributed by atoms with Gasteiger partial charge in [0.2, 0.25) is 23.6 Å². The summed E-state index contributed by atoms with van der Waals surface area (Å²) in [6.07, 6.45) is 0.00303. The molecule has 1 aliphatic heterocycles. The standard InChI is InChI=1S/C48H60N10O7/c1-28-43(59)57-39(45(61)54-21-18-50)25-29-6-14-40(64-22-19-51)35(24-29)36-26-32(10-15-41(36)65-23-20-52)42(46(62)55-28)58(5)47(63)38(16-17-49)56-44(60)34-13-9-31(27-37(34)53)30-7-11-33(12-8-30)48(2,3)4/h6-15,24,26-28,38-39,42H,16-17,19-23,25,49,51-53H2,1-5H3,(H,54,61)(H,55,62)(H,56,60)(H,57,59). The van der Waals surface area contributed by atoms with Crippen molar-refractivity contribution in [2.45, 2.75) is 70.1 Å². The third-order valence-electron chi connectivity index (χ3n) is 11.0. The van der Waals surface area contributed by atoms with Gasteiger partial charge in [0.05, 0.1) is 11.6 Å². The summed E-state index contributed by atoms with van der Waals surface area (Å²) in [5.41, 5.74) is 29.2. The average molecular weight is 889 g/mol. The molecule has 0 radical (unpaired) electrons. The Morgan fingerprint density at radius 3 is 2.08 bits per heavy atom. The van der Waals surface area contributed by atoms with E-state index < -0.39 is 53.7 Å². The summed E-state index contributed by atoms with van der Waals surface area (Å²) >= 11 is 0. The van der Waals surface area contributed by atoms with E-state index in [1.54, 1.807) is 54.6 Å². The number of likely N-dealkylation sites (N-methyl/N-ethyl adjacent to an activating group) is 1. The zero-order chi connectivity index (χ0) is 47.4. The lowest BCUT2D eigenvalue weighted by Crippen LogP contribution is -2.56. The number of nitriles is 1. The molecule has 4 aromatic rings. The lowest BCUT2D eigenvalue weighted by Gasteiger charge is -2.32. The van der Waals surface area contributed by atoms with Gasteiger partial charge in [0.1, 0.15) is 55.4 Å². The highest BCUT2D eigenvalue weighted by atomic mass is 16.5. The number of hydrogen-bond acceptors (Lipinski definition) is 12. The van der Waals surface area contributed by atoms with Gasteiger partial charge in [-0.15, -0.1) is 0 Å². The van der Waals surface area contributed by atoms with Crippen LogP contribution in [0, 0.1) is 11.3 Å². The number of hydrogen-bond donors (Lipinski definition) is 8. The number of nitrogens with zero attached hydrogens (tertiary/aromatic N) is 2. The SMILES string of the molecule is CC1NC(=O)C(N(C)C(=O)C(CCN)NC(=O)c2ccc(-c3ccc(C(C)(C)C)cc3)cc2N)c2ccc(OCCN)c(c2)-c2cc(ccc2OCCN)CC(C(=O)NCC#N)NC1=O. The maximum absolute atomic E-state index is 14.6. The molecule has 1 aliphatic rings. The van der Waals surface area contributed by atoms with Crippen molar-refractivity contribution in [2.24, 2.45) is 17.2 Å². The van der Waals surface area contributed by atoms with Gasteiger partial charge in [-0.3, -0.25) is 24.0 Å². The fourth-order valence-corrected chi connectivity index (χ4v) is 7.48. The number of nitrogens with two attached hydrogens (primary N) is 4. The molecule has 17 nitrogen and oxygen atoms in total. The molecule has 0 aliphatic carbocycles. The monoisotopic (exact) mass is 888 g/mol. The van der Waals surface area contributed by atoms with Gasteiger partial charge < -0.3 is 58.6 Å². The minimum absolute atomic E-state index is 0.0000681. The van der Waals surface area contributed by atoms with Crippen LogP contribution in [0.1, 0.15) is 67.2 Å². The van der Waals surface area contributed by atoms with Crippen LogP contribution in [0.2, 0.25) is 0 Å². The molecule has 344 valence electrons. The van der Waals surface area contributed by atoms with Gasteiger partial charge in [0.15, 0.2) is 0 Å². The molecule has 4 bridgehead atoms. The van der Waals surface area contributed by atoms with Crippen molar-refractivity contribution in [3.05, 3.63) is 101 Å². The van der Waals surface area contributed by atoms with Crippen molar-refractivity contribution in [3.8, 4) is 39.8 Å². The van der Waals surface area contributed by atoms with Gasteiger partial charge in [-0.05, 0) is 89.5 Å². The molecule has 65 heavy (non-hydrogen) atoms. The summed E-state index contributed by atoms with van der Waals surface area (Å²) in [6, 6.07) is 20.2. The van der Waals surface area contributed by atoms with Crippen LogP contribution in [-0.4, -0.2) is 99.0 Å². The Bertz CT molecular complexity index is 2410. The Kier molecular flexibility index (Phi) is 16.6. The van der Waals surface area contributed by atoms with Gasteiger partial charge in [-0.25, -0.2) is 0 Å². The number of amides is 5. The Morgan fingerprint density at radius 1 is 0.846 bits per heavy atom. The number of anilines is 1. The van der Waals surface area contributed by atoms with Gasteiger partial charge in [-0.2, -0.15) is 5.26 Å². The molecule has 0 spiro atoms. The minimum atomic E-state index is -1.40. The summed E-state index contributed by atoms with van der Waals surface area (Å²) in [5.74, 6) is -2.60. The second kappa shape index (κ2) is 22.1. The Morgan fingerprint density at radius 2 is 1.48 bits per heavy atom. The van der Waals surface area contributed by atoms with Crippen LogP contribution >= 0.6 is 0 Å². The summed E-state index contributed by atoms with van der Waals surface area (Å²) in [5, 5.41) is 19.9. The third-order valence-corrected chi connectivity index (χ3v) is 11.0. The van der Waals surface area contributed by atoms with E-state index in [9.17, 15) is 24.0 Å². The van der Waals surface area contributed by atoms with Gasteiger partial charge >= 0.3 is 0 Å². The first-order chi connectivity index (χ1) is 31.0. The van der Waals surface area contributed by atoms with Crippen LogP contribution < -0.4 is 53.7 Å². The first-order valence-electron chi connectivity index (χ1n) is 21.5. The highest BCUT2D eigenvalue weighted by molar-refractivity contribution is 6.03. The van der Waals surface area contributed by atoms with E-state index in [0.717, 1.165) is 11.1 Å². The molecule has 5 rings (SSSR count). The fourth-order valence-electron chi connectivity index (χ4n) is 7.48. The van der Waals surface area contributed by atoms with Crippen LogP contribution in [-0.2, 0) is 31.0 Å². The lowest BCUT2D eigenvalue weighted by atomic mass is 9.86. The van der Waals surface area contributed by atoms with Gasteiger partial charge in [0.25, 0.3) is 5.91 Å². The largest absolute Gasteiger partial charge is 0.492 e. The van der Waals surface area contributed by atoms with Crippen molar-refractivity contribution in [3.63, 3.8) is 0 Å². The third kappa shape index (κ3) is 12.2. The molecule has 12 N–H and O–H groups in total. The average Bonchev–Trinajstić information content (AvgIpc) is 3.28. The molecule has 0 aromatic heterocycles. The molecular weight excluding hydrogens is 829 g/mol. The van der Waals surface area contributed by atoms with E-state index in [1.807, 2.05) is 18.2 Å². The van der Waals surface area contributed by atoms with E-state index in [4.69, 9.17) is 37.7 Å². The number of carbonyl (C=O) groups is 5. The number of nitrogen functional groups attached to an aromatic ring is 1. The first-order valence-corrected chi connectivity index (χ1v) is 21.5. The van der Waals surface area contributed by atoms with Crippen molar-refractivity contribution in [2.75, 3.05) is 52.2 Å². The molecule has 17 heteroatoms. The van der Waals surface area contributed by atoms with Gasteiger partial charge in [-0.1, -0.05) is 63.2 Å². The fraction of sp³-hybridized carbons (Fsp3) is 0.375. The topological polar surface area (TPSA) is 283 Å². The Hall–Kier alpha value is -7.00. The predicted octanol–water partition coefficient (Wildman–Crippen LogP) is 2.41. The maximum atomic E-state index is 14.6. The normalized spacial score (nSPS) is 16.7. The lowest BCUT2D eigenvalue weighted by molar-refractivity contribution is -0.141. The molecular formula is C48H60N10O7. The quantitative estimate of drug-likeness (QED) is 0.0631. The van der Waals surface area contributed by atoms with E-state index in [2.05, 4.69) is 54.2 Å². The number of carbonyl (C=O) groups excluding carboxylic acids is 5.